The smallest absolute Gasteiger partial charge is 0.223 e. The van der Waals surface area contributed by atoms with Crippen molar-refractivity contribution in [3.63, 3.8) is 0 Å². The fraction of sp³-hybridized carbons (Fsp3) is 0.474. The van der Waals surface area contributed by atoms with E-state index < -0.39 is 0 Å². The van der Waals surface area contributed by atoms with Crippen molar-refractivity contribution in [1.29, 1.82) is 0 Å². The van der Waals surface area contributed by atoms with Crippen molar-refractivity contribution in [3.8, 4) is 0 Å². The van der Waals surface area contributed by atoms with Crippen molar-refractivity contribution >= 4 is 5.91 Å². The quantitative estimate of drug-likeness (QED) is 0.938. The highest BCUT2D eigenvalue weighted by atomic mass is 16.1. The maximum absolute atomic E-state index is 12.2. The molecule has 1 heterocycles. The molecule has 1 aromatic carbocycles. The molecule has 0 radical (unpaired) electrons. The minimum Gasteiger partial charge on any atom is -0.342 e. The second kappa shape index (κ2) is 6.57. The van der Waals surface area contributed by atoms with Crippen molar-refractivity contribution in [1.82, 2.24) is 14.9 Å². The molecular formula is C19H27N3O. The van der Waals surface area contributed by atoms with Crippen LogP contribution in [0.5, 0.6) is 0 Å². The van der Waals surface area contributed by atoms with E-state index in [0.29, 0.717) is 0 Å². The maximum Gasteiger partial charge on any atom is 0.223 e. The lowest BCUT2D eigenvalue weighted by Gasteiger charge is -2.23. The number of nitrogens with zero attached hydrogens (tertiary/aromatic N) is 2. The summed E-state index contributed by atoms with van der Waals surface area (Å²) in [6.45, 7) is 10.4. The van der Waals surface area contributed by atoms with Crippen LogP contribution in [0.2, 0.25) is 0 Å². The first-order chi connectivity index (χ1) is 10.7. The average molecular weight is 313 g/mol. The first-order valence-electron chi connectivity index (χ1n) is 8.08. The second-order valence-corrected chi connectivity index (χ2v) is 7.36. The van der Waals surface area contributed by atoms with Crippen molar-refractivity contribution in [2.24, 2.45) is 13.0 Å². The lowest BCUT2D eigenvalue weighted by Crippen LogP contribution is -2.34. The van der Waals surface area contributed by atoms with Crippen molar-refractivity contribution < 1.29 is 4.79 Å². The molecule has 0 saturated carbocycles. The third-order valence-corrected chi connectivity index (χ3v) is 4.04. The van der Waals surface area contributed by atoms with Gasteiger partial charge in [-0.15, -0.1) is 0 Å². The van der Waals surface area contributed by atoms with Crippen LogP contribution < -0.4 is 5.32 Å². The number of rotatable bonds is 4. The molecule has 0 bridgehead atoms. The highest BCUT2D eigenvalue weighted by molar-refractivity contribution is 5.78. The fourth-order valence-corrected chi connectivity index (χ4v) is 2.44. The molecule has 1 unspecified atom stereocenters. The zero-order valence-corrected chi connectivity index (χ0v) is 14.9. The van der Waals surface area contributed by atoms with Gasteiger partial charge < -0.3 is 9.88 Å². The Morgan fingerprint density at radius 2 is 1.78 bits per heavy atom. The van der Waals surface area contributed by atoms with Gasteiger partial charge in [-0.1, -0.05) is 58.9 Å². The average Bonchev–Trinajstić information content (AvgIpc) is 2.89. The standard InChI is InChI=1S/C19H27N3O/c1-13(2)18(23)21-16(17-20-11-12-22(17)6)14-7-9-15(10-8-14)19(3,4)5/h7-13,16H,1-6H3,(H,21,23). The number of carbonyl (C=O) groups is 1. The van der Waals surface area contributed by atoms with E-state index in [9.17, 15) is 4.79 Å². The summed E-state index contributed by atoms with van der Waals surface area (Å²) in [5.41, 5.74) is 2.43. The lowest BCUT2D eigenvalue weighted by molar-refractivity contribution is -0.124. The van der Waals surface area contributed by atoms with Gasteiger partial charge in [0, 0.05) is 25.4 Å². The van der Waals surface area contributed by atoms with Crippen molar-refractivity contribution in [2.45, 2.75) is 46.1 Å². The first kappa shape index (κ1) is 17.3. The summed E-state index contributed by atoms with van der Waals surface area (Å²) in [5, 5.41) is 3.11. The van der Waals surface area contributed by atoms with E-state index >= 15 is 0 Å². The van der Waals surface area contributed by atoms with Gasteiger partial charge >= 0.3 is 0 Å². The SMILES string of the molecule is CC(C)C(=O)NC(c1ccc(C(C)(C)C)cc1)c1nccn1C. The number of benzene rings is 1. The van der Waals surface area contributed by atoms with E-state index in [0.717, 1.165) is 11.4 Å². The van der Waals surface area contributed by atoms with Crippen LogP contribution in [0.3, 0.4) is 0 Å². The number of aromatic nitrogens is 2. The highest BCUT2D eigenvalue weighted by Gasteiger charge is 2.22. The number of hydrogen-bond acceptors (Lipinski definition) is 2. The zero-order chi connectivity index (χ0) is 17.2. The monoisotopic (exact) mass is 313 g/mol. The molecule has 0 aliphatic carbocycles. The van der Waals surface area contributed by atoms with Gasteiger partial charge in [0.1, 0.15) is 11.9 Å². The Hall–Kier alpha value is -2.10. The predicted octanol–water partition coefficient (Wildman–Crippen LogP) is 3.58. The van der Waals surface area contributed by atoms with Gasteiger partial charge in [0.25, 0.3) is 0 Å². The molecule has 0 aliphatic heterocycles. The summed E-state index contributed by atoms with van der Waals surface area (Å²) < 4.78 is 1.95. The number of nitrogens with one attached hydrogen (secondary N) is 1. The normalized spacial score (nSPS) is 13.2. The van der Waals surface area contributed by atoms with Crippen LogP contribution in [0.25, 0.3) is 0 Å². The number of amides is 1. The van der Waals surface area contributed by atoms with E-state index in [-0.39, 0.29) is 23.3 Å². The van der Waals surface area contributed by atoms with Crippen molar-refractivity contribution in [3.05, 3.63) is 53.6 Å². The molecule has 2 rings (SSSR count). The maximum atomic E-state index is 12.2. The van der Waals surface area contributed by atoms with Crippen LogP contribution in [-0.2, 0) is 17.3 Å². The van der Waals surface area contributed by atoms with Gasteiger partial charge in [-0.3, -0.25) is 4.79 Å². The molecule has 1 N–H and O–H groups in total. The second-order valence-electron chi connectivity index (χ2n) is 7.36. The summed E-state index contributed by atoms with van der Waals surface area (Å²) in [4.78, 5) is 16.6. The molecule has 2 aromatic rings. The summed E-state index contributed by atoms with van der Waals surface area (Å²) >= 11 is 0. The largest absolute Gasteiger partial charge is 0.342 e. The Bertz CT molecular complexity index is 663. The van der Waals surface area contributed by atoms with Gasteiger partial charge in [0.2, 0.25) is 5.91 Å². The molecule has 0 aliphatic rings. The third-order valence-electron chi connectivity index (χ3n) is 4.04. The minimum absolute atomic E-state index is 0.0258. The molecule has 1 atom stereocenters. The minimum atomic E-state index is -0.237. The van der Waals surface area contributed by atoms with Gasteiger partial charge in [-0.2, -0.15) is 0 Å². The molecule has 0 fully saturated rings. The molecule has 1 amide bonds. The Morgan fingerprint density at radius 3 is 2.22 bits per heavy atom. The molecular weight excluding hydrogens is 286 g/mol. The predicted molar refractivity (Wildman–Crippen MR) is 93.2 cm³/mol. The van der Waals surface area contributed by atoms with Gasteiger partial charge in [0.15, 0.2) is 0 Å². The summed E-state index contributed by atoms with van der Waals surface area (Å²) in [6, 6.07) is 8.19. The van der Waals surface area contributed by atoms with Crippen LogP contribution in [-0.4, -0.2) is 15.5 Å². The van der Waals surface area contributed by atoms with E-state index in [1.165, 1.54) is 5.56 Å². The van der Waals surface area contributed by atoms with Gasteiger partial charge in [-0.25, -0.2) is 4.98 Å². The van der Waals surface area contributed by atoms with Crippen LogP contribution in [0.4, 0.5) is 0 Å². The molecule has 23 heavy (non-hydrogen) atoms. The molecule has 1 aromatic heterocycles. The molecule has 0 saturated heterocycles. The number of aryl methyl sites for hydroxylation is 1. The van der Waals surface area contributed by atoms with Crippen LogP contribution in [0.1, 0.15) is 57.6 Å². The van der Waals surface area contributed by atoms with Crippen LogP contribution in [0, 0.1) is 5.92 Å². The number of hydrogen-bond donors (Lipinski definition) is 1. The van der Waals surface area contributed by atoms with Crippen LogP contribution in [0.15, 0.2) is 36.7 Å². The van der Waals surface area contributed by atoms with E-state index in [4.69, 9.17) is 0 Å². The first-order valence-corrected chi connectivity index (χ1v) is 8.08. The van der Waals surface area contributed by atoms with E-state index in [2.05, 4.69) is 55.3 Å². The number of carbonyl (C=O) groups excluding carboxylic acids is 1. The molecule has 4 nitrogen and oxygen atoms in total. The topological polar surface area (TPSA) is 46.9 Å². The Balaban J connectivity index is 2.38. The molecule has 4 heteroatoms. The summed E-state index contributed by atoms with van der Waals surface area (Å²) in [5.74, 6) is 0.798. The summed E-state index contributed by atoms with van der Waals surface area (Å²) in [6.07, 6.45) is 3.65. The van der Waals surface area contributed by atoms with E-state index in [1.54, 1.807) is 6.20 Å². The fourth-order valence-electron chi connectivity index (χ4n) is 2.44. The van der Waals surface area contributed by atoms with Crippen LogP contribution >= 0.6 is 0 Å². The Morgan fingerprint density at radius 1 is 1.17 bits per heavy atom. The summed E-state index contributed by atoms with van der Waals surface area (Å²) in [7, 11) is 1.94. The molecule has 0 spiro atoms. The number of imidazole rings is 1. The van der Waals surface area contributed by atoms with Gasteiger partial charge in [-0.05, 0) is 16.5 Å². The Labute approximate surface area is 138 Å². The highest BCUT2D eigenvalue weighted by Crippen LogP contribution is 2.26. The Kier molecular flexibility index (Phi) is 4.93. The zero-order valence-electron chi connectivity index (χ0n) is 14.9. The van der Waals surface area contributed by atoms with Gasteiger partial charge in [0.05, 0.1) is 0 Å². The lowest BCUT2D eigenvalue weighted by atomic mass is 9.86. The molecule has 124 valence electrons. The van der Waals surface area contributed by atoms with E-state index in [1.807, 2.05) is 31.7 Å². The third kappa shape index (κ3) is 4.01. The van der Waals surface area contributed by atoms with Crippen molar-refractivity contribution in [2.75, 3.05) is 0 Å².